The highest BCUT2D eigenvalue weighted by Crippen LogP contribution is 2.22. The van der Waals surface area contributed by atoms with Crippen molar-refractivity contribution in [2.75, 3.05) is 6.61 Å². The minimum atomic E-state index is -0.991. The molecule has 1 aliphatic rings. The molecule has 74 valence electrons. The van der Waals surface area contributed by atoms with Crippen molar-refractivity contribution in [3.63, 3.8) is 0 Å². The molecule has 0 radical (unpaired) electrons. The Morgan fingerprint density at radius 3 is 2.85 bits per heavy atom. The van der Waals surface area contributed by atoms with E-state index in [0.717, 1.165) is 0 Å². The molecular weight excluding hydrogens is 172 g/mol. The molecule has 1 rings (SSSR count). The molecule has 0 aromatic rings. The van der Waals surface area contributed by atoms with Crippen LogP contribution in [0.15, 0.2) is 12.3 Å². The molecule has 0 fully saturated rings. The van der Waals surface area contributed by atoms with Crippen LogP contribution in [0, 0.1) is 0 Å². The van der Waals surface area contributed by atoms with E-state index in [-0.39, 0.29) is 0 Å². The predicted molar refractivity (Wildman–Crippen MR) is 45.8 cm³/mol. The van der Waals surface area contributed by atoms with Crippen LogP contribution in [0.4, 0.5) is 0 Å². The first-order chi connectivity index (χ1) is 6.08. The molecule has 0 spiro atoms. The lowest BCUT2D eigenvalue weighted by Gasteiger charge is -2.23. The molecule has 0 aromatic carbocycles. The summed E-state index contributed by atoms with van der Waals surface area (Å²) >= 11 is 0. The third-order valence-corrected chi connectivity index (χ3v) is 1.78. The third-order valence-electron chi connectivity index (χ3n) is 1.78. The van der Waals surface area contributed by atoms with E-state index in [2.05, 4.69) is 4.74 Å². The van der Waals surface area contributed by atoms with Crippen molar-refractivity contribution in [2.24, 2.45) is 0 Å². The lowest BCUT2D eigenvalue weighted by atomic mass is 10.1. The first-order valence-corrected chi connectivity index (χ1v) is 4.26. The number of carbonyl (C=O) groups is 1. The summed E-state index contributed by atoms with van der Waals surface area (Å²) < 4.78 is 15.2. The van der Waals surface area contributed by atoms with Gasteiger partial charge >= 0.3 is 5.97 Å². The Morgan fingerprint density at radius 2 is 2.38 bits per heavy atom. The fraction of sp³-hybridized carbons (Fsp3) is 0.667. The number of hydrogen-bond acceptors (Lipinski definition) is 4. The molecule has 0 N–H and O–H groups in total. The molecule has 0 aromatic heterocycles. The number of esters is 1. The Hall–Kier alpha value is -0.870. The standard InChI is InChI=1S/C9H14O4/c1-4-11-7(2)13-9(3)5-6-12-8(9)10/h5-7H,4H2,1-3H3. The molecule has 2 atom stereocenters. The summed E-state index contributed by atoms with van der Waals surface area (Å²) in [4.78, 5) is 11.2. The fourth-order valence-electron chi connectivity index (χ4n) is 1.11. The molecule has 0 amide bonds. The minimum Gasteiger partial charge on any atom is -0.432 e. The van der Waals surface area contributed by atoms with Crippen LogP contribution < -0.4 is 0 Å². The van der Waals surface area contributed by atoms with Crippen molar-refractivity contribution < 1.29 is 19.0 Å². The van der Waals surface area contributed by atoms with Gasteiger partial charge in [0.05, 0.1) is 6.26 Å². The number of hydrogen-bond donors (Lipinski definition) is 0. The first-order valence-electron chi connectivity index (χ1n) is 4.26. The second kappa shape index (κ2) is 3.89. The summed E-state index contributed by atoms with van der Waals surface area (Å²) in [6, 6.07) is 0. The van der Waals surface area contributed by atoms with Crippen LogP contribution in [0.25, 0.3) is 0 Å². The van der Waals surface area contributed by atoms with E-state index in [1.54, 1.807) is 19.9 Å². The van der Waals surface area contributed by atoms with Gasteiger partial charge in [0, 0.05) is 6.61 Å². The molecule has 13 heavy (non-hydrogen) atoms. The zero-order chi connectivity index (χ0) is 9.90. The number of carbonyl (C=O) groups excluding carboxylic acids is 1. The molecule has 0 aliphatic carbocycles. The van der Waals surface area contributed by atoms with Crippen molar-refractivity contribution in [3.8, 4) is 0 Å². The third kappa shape index (κ3) is 2.29. The Labute approximate surface area is 77.5 Å². The fourth-order valence-corrected chi connectivity index (χ4v) is 1.11. The van der Waals surface area contributed by atoms with Crippen molar-refractivity contribution in [3.05, 3.63) is 12.3 Å². The van der Waals surface area contributed by atoms with Gasteiger partial charge < -0.3 is 14.2 Å². The average molecular weight is 186 g/mol. The van der Waals surface area contributed by atoms with Gasteiger partial charge in [0.25, 0.3) is 0 Å². The van der Waals surface area contributed by atoms with Crippen LogP contribution >= 0.6 is 0 Å². The normalized spacial score (nSPS) is 29.0. The van der Waals surface area contributed by atoms with E-state index < -0.39 is 17.9 Å². The molecule has 2 unspecified atom stereocenters. The Morgan fingerprint density at radius 1 is 1.69 bits per heavy atom. The minimum absolute atomic E-state index is 0.404. The molecule has 4 heteroatoms. The van der Waals surface area contributed by atoms with Gasteiger partial charge in [0.1, 0.15) is 0 Å². The van der Waals surface area contributed by atoms with Gasteiger partial charge in [-0.25, -0.2) is 4.79 Å². The zero-order valence-electron chi connectivity index (χ0n) is 8.07. The average Bonchev–Trinajstić information content (AvgIpc) is 2.32. The SMILES string of the molecule is CCOC(C)OC1(C)C=COC1=O. The maximum atomic E-state index is 11.2. The van der Waals surface area contributed by atoms with E-state index in [1.165, 1.54) is 6.26 Å². The summed E-state index contributed by atoms with van der Waals surface area (Å²) in [7, 11) is 0. The van der Waals surface area contributed by atoms with Crippen LogP contribution in [0.2, 0.25) is 0 Å². The van der Waals surface area contributed by atoms with E-state index in [9.17, 15) is 4.79 Å². The second-order valence-electron chi connectivity index (χ2n) is 2.96. The van der Waals surface area contributed by atoms with Crippen molar-refractivity contribution in [1.29, 1.82) is 0 Å². The van der Waals surface area contributed by atoms with Gasteiger partial charge in [-0.05, 0) is 26.8 Å². The lowest BCUT2D eigenvalue weighted by Crippen LogP contribution is -2.37. The van der Waals surface area contributed by atoms with Gasteiger partial charge in [-0.3, -0.25) is 0 Å². The molecule has 4 nitrogen and oxygen atoms in total. The zero-order valence-corrected chi connectivity index (χ0v) is 8.07. The maximum absolute atomic E-state index is 11.2. The maximum Gasteiger partial charge on any atom is 0.347 e. The molecular formula is C9H14O4. The van der Waals surface area contributed by atoms with Gasteiger partial charge in [0.2, 0.25) is 0 Å². The largest absolute Gasteiger partial charge is 0.432 e. The summed E-state index contributed by atoms with van der Waals surface area (Å²) in [6.45, 7) is 5.81. The summed E-state index contributed by atoms with van der Waals surface area (Å²) in [6.07, 6.45) is 2.50. The highest BCUT2D eigenvalue weighted by atomic mass is 16.7. The Bertz CT molecular complexity index is 224. The smallest absolute Gasteiger partial charge is 0.347 e. The highest BCUT2D eigenvalue weighted by molar-refractivity contribution is 5.84. The quantitative estimate of drug-likeness (QED) is 0.489. The van der Waals surface area contributed by atoms with Gasteiger partial charge in [0.15, 0.2) is 11.9 Å². The highest BCUT2D eigenvalue weighted by Gasteiger charge is 2.38. The van der Waals surface area contributed by atoms with Crippen LogP contribution in [0.1, 0.15) is 20.8 Å². The number of ether oxygens (including phenoxy) is 3. The predicted octanol–water partition coefficient (Wildman–Crippen LogP) is 1.21. The monoisotopic (exact) mass is 186 g/mol. The van der Waals surface area contributed by atoms with E-state index in [1.807, 2.05) is 6.92 Å². The summed E-state index contributed by atoms with van der Waals surface area (Å²) in [5.41, 5.74) is -0.991. The van der Waals surface area contributed by atoms with Crippen LogP contribution in [0.3, 0.4) is 0 Å². The van der Waals surface area contributed by atoms with Crippen molar-refractivity contribution in [2.45, 2.75) is 32.7 Å². The second-order valence-corrected chi connectivity index (χ2v) is 2.96. The van der Waals surface area contributed by atoms with E-state index in [0.29, 0.717) is 6.61 Å². The molecule has 1 heterocycles. The molecule has 0 saturated carbocycles. The first kappa shape index (κ1) is 10.2. The Kier molecular flexibility index (Phi) is 3.06. The van der Waals surface area contributed by atoms with Crippen LogP contribution in [0.5, 0.6) is 0 Å². The van der Waals surface area contributed by atoms with Gasteiger partial charge in [-0.1, -0.05) is 0 Å². The molecule has 0 bridgehead atoms. The van der Waals surface area contributed by atoms with E-state index >= 15 is 0 Å². The van der Waals surface area contributed by atoms with Crippen LogP contribution in [-0.4, -0.2) is 24.5 Å². The number of rotatable bonds is 4. The van der Waals surface area contributed by atoms with Crippen molar-refractivity contribution >= 4 is 5.97 Å². The number of cyclic esters (lactones) is 1. The topological polar surface area (TPSA) is 44.8 Å². The van der Waals surface area contributed by atoms with Gasteiger partial charge in [-0.2, -0.15) is 0 Å². The van der Waals surface area contributed by atoms with Gasteiger partial charge in [-0.15, -0.1) is 0 Å². The molecule has 1 aliphatic heterocycles. The summed E-state index contributed by atoms with van der Waals surface area (Å²) in [5.74, 6) is -0.404. The summed E-state index contributed by atoms with van der Waals surface area (Å²) in [5, 5.41) is 0. The lowest BCUT2D eigenvalue weighted by molar-refractivity contribution is -0.194. The van der Waals surface area contributed by atoms with E-state index in [4.69, 9.17) is 9.47 Å². The van der Waals surface area contributed by atoms with Crippen LogP contribution in [-0.2, 0) is 19.0 Å². The van der Waals surface area contributed by atoms with Crippen molar-refractivity contribution in [1.82, 2.24) is 0 Å². The Balaban J connectivity index is 2.51. The molecule has 0 saturated heterocycles.